The van der Waals surface area contributed by atoms with Gasteiger partial charge in [0.1, 0.15) is 18.1 Å². The molecule has 10 N–H and O–H groups in total. The second-order valence-corrected chi connectivity index (χ2v) is 8.52. The number of rotatable bonds is 16. The summed E-state index contributed by atoms with van der Waals surface area (Å²) in [6.45, 7) is 3.30. The maximum Gasteiger partial charge on any atom is 0.326 e. The molecule has 0 aliphatic rings. The predicted molar refractivity (Wildman–Crippen MR) is 124 cm³/mol. The van der Waals surface area contributed by atoms with Crippen LogP contribution in [0.5, 0.6) is 0 Å². The zero-order chi connectivity index (χ0) is 27.4. The minimum atomic E-state index is -1.54. The lowest BCUT2D eigenvalue weighted by atomic mass is 10.0. The van der Waals surface area contributed by atoms with Crippen LogP contribution in [0.15, 0.2) is 12.5 Å². The number of carboxylic acids is 2. The Morgan fingerprint density at radius 2 is 1.56 bits per heavy atom. The van der Waals surface area contributed by atoms with Crippen LogP contribution in [0.3, 0.4) is 0 Å². The summed E-state index contributed by atoms with van der Waals surface area (Å²) in [6, 6.07) is -5.04. The number of nitrogens with one attached hydrogen (secondary N) is 4. The number of nitrogens with two attached hydrogens (primary N) is 2. The van der Waals surface area contributed by atoms with Crippen molar-refractivity contribution >= 4 is 35.6 Å². The number of carbonyl (C=O) groups excluding carboxylic acids is 4. The van der Waals surface area contributed by atoms with E-state index in [2.05, 4.69) is 25.9 Å². The van der Waals surface area contributed by atoms with Gasteiger partial charge >= 0.3 is 11.9 Å². The maximum absolute atomic E-state index is 13.0. The van der Waals surface area contributed by atoms with E-state index in [1.165, 1.54) is 12.5 Å². The molecule has 1 rings (SSSR count). The monoisotopic (exact) mass is 511 g/mol. The number of H-pyrrole nitrogens is 1. The van der Waals surface area contributed by atoms with Gasteiger partial charge in [0, 0.05) is 31.2 Å². The van der Waals surface area contributed by atoms with Crippen LogP contribution in [0, 0.1) is 5.92 Å². The third-order valence-corrected chi connectivity index (χ3v) is 5.15. The first-order valence-corrected chi connectivity index (χ1v) is 11.2. The minimum Gasteiger partial charge on any atom is -0.481 e. The number of hydrogen-bond donors (Lipinski definition) is 8. The highest BCUT2D eigenvalue weighted by molar-refractivity contribution is 5.94. The molecule has 0 saturated carbocycles. The van der Waals surface area contributed by atoms with E-state index in [1.54, 1.807) is 13.8 Å². The third-order valence-electron chi connectivity index (χ3n) is 5.15. The van der Waals surface area contributed by atoms with Gasteiger partial charge in [0.2, 0.25) is 23.6 Å². The Hall–Kier alpha value is -4.01. The first kappa shape index (κ1) is 30.0. The van der Waals surface area contributed by atoms with Gasteiger partial charge in [-0.05, 0) is 18.8 Å². The van der Waals surface area contributed by atoms with E-state index in [9.17, 15) is 33.9 Å². The quantitative estimate of drug-likeness (QED) is 0.117. The summed E-state index contributed by atoms with van der Waals surface area (Å²) in [5.74, 6) is -6.27. The number of primary amides is 1. The van der Waals surface area contributed by atoms with Crippen LogP contribution < -0.4 is 27.4 Å². The summed E-state index contributed by atoms with van der Waals surface area (Å²) in [7, 11) is 0. The van der Waals surface area contributed by atoms with Gasteiger partial charge in [0.05, 0.1) is 12.4 Å². The summed E-state index contributed by atoms with van der Waals surface area (Å²) >= 11 is 0. The van der Waals surface area contributed by atoms with E-state index in [0.717, 1.165) is 0 Å². The molecule has 1 heterocycles. The third kappa shape index (κ3) is 10.5. The van der Waals surface area contributed by atoms with Crippen molar-refractivity contribution in [3.05, 3.63) is 18.2 Å². The highest BCUT2D eigenvalue weighted by Crippen LogP contribution is 2.07. The fourth-order valence-electron chi connectivity index (χ4n) is 3.14. The van der Waals surface area contributed by atoms with Gasteiger partial charge in [-0.15, -0.1) is 0 Å². The van der Waals surface area contributed by atoms with Crippen molar-refractivity contribution in [2.24, 2.45) is 17.4 Å². The Morgan fingerprint density at radius 3 is 2.06 bits per heavy atom. The van der Waals surface area contributed by atoms with E-state index in [1.807, 2.05) is 0 Å². The molecule has 0 aromatic carbocycles. The zero-order valence-electron chi connectivity index (χ0n) is 20.0. The van der Waals surface area contributed by atoms with Crippen LogP contribution in [0.2, 0.25) is 0 Å². The van der Waals surface area contributed by atoms with Crippen LogP contribution in [0.1, 0.15) is 45.2 Å². The Bertz CT molecular complexity index is 935. The first-order valence-electron chi connectivity index (χ1n) is 11.2. The molecule has 0 spiro atoms. The smallest absolute Gasteiger partial charge is 0.326 e. The van der Waals surface area contributed by atoms with Gasteiger partial charge < -0.3 is 42.6 Å². The number of aromatic nitrogens is 2. The average Bonchev–Trinajstić information content (AvgIpc) is 3.29. The molecular weight excluding hydrogens is 478 g/mol. The van der Waals surface area contributed by atoms with E-state index in [-0.39, 0.29) is 19.3 Å². The molecule has 15 nitrogen and oxygen atoms in total. The molecule has 200 valence electrons. The summed E-state index contributed by atoms with van der Waals surface area (Å²) in [5.41, 5.74) is 11.7. The van der Waals surface area contributed by atoms with Crippen molar-refractivity contribution in [1.29, 1.82) is 0 Å². The van der Waals surface area contributed by atoms with Crippen molar-refractivity contribution < 1.29 is 39.0 Å². The minimum absolute atomic E-state index is 0.134. The first-order chi connectivity index (χ1) is 16.8. The molecule has 15 heteroatoms. The van der Waals surface area contributed by atoms with Crippen molar-refractivity contribution in [2.75, 3.05) is 0 Å². The van der Waals surface area contributed by atoms with Crippen LogP contribution in [0.25, 0.3) is 0 Å². The fraction of sp³-hybridized carbons (Fsp3) is 0.571. The molecule has 0 saturated heterocycles. The molecule has 0 bridgehead atoms. The van der Waals surface area contributed by atoms with E-state index in [4.69, 9.17) is 16.6 Å². The lowest BCUT2D eigenvalue weighted by molar-refractivity contribution is -0.143. The molecule has 0 fully saturated rings. The number of hydrogen-bond acceptors (Lipinski definition) is 8. The van der Waals surface area contributed by atoms with Gasteiger partial charge in [-0.2, -0.15) is 0 Å². The van der Waals surface area contributed by atoms with Gasteiger partial charge in [-0.25, -0.2) is 9.78 Å². The molecule has 0 aliphatic heterocycles. The number of carboxylic acid groups (broad SMARTS) is 2. The normalized spacial score (nSPS) is 14.2. The van der Waals surface area contributed by atoms with Crippen molar-refractivity contribution in [1.82, 2.24) is 25.9 Å². The number of amides is 4. The highest BCUT2D eigenvalue weighted by Gasteiger charge is 2.32. The van der Waals surface area contributed by atoms with Gasteiger partial charge in [-0.1, -0.05) is 13.8 Å². The van der Waals surface area contributed by atoms with Crippen LogP contribution >= 0.6 is 0 Å². The summed E-state index contributed by atoms with van der Waals surface area (Å²) < 4.78 is 0. The Balaban J connectivity index is 2.94. The second kappa shape index (κ2) is 14.4. The van der Waals surface area contributed by atoms with E-state index in [0.29, 0.717) is 5.69 Å². The Labute approximate surface area is 206 Å². The molecule has 1 aromatic rings. The molecule has 4 amide bonds. The largest absolute Gasteiger partial charge is 0.481 e. The molecule has 4 unspecified atom stereocenters. The Morgan fingerprint density at radius 1 is 0.944 bits per heavy atom. The zero-order valence-corrected chi connectivity index (χ0v) is 20.0. The highest BCUT2D eigenvalue weighted by atomic mass is 16.4. The van der Waals surface area contributed by atoms with Gasteiger partial charge in [0.25, 0.3) is 0 Å². The summed E-state index contributed by atoms with van der Waals surface area (Å²) in [6.07, 6.45) is 1.59. The van der Waals surface area contributed by atoms with Gasteiger partial charge in [-0.3, -0.25) is 24.0 Å². The SMILES string of the molecule is CC(C)C(NC(=O)C(N)Cc1cnc[nH]1)C(=O)NC(CCC(N)=O)C(=O)NC(CCC(=O)O)C(=O)O. The predicted octanol–water partition coefficient (Wildman–Crippen LogP) is -2.40. The summed E-state index contributed by atoms with van der Waals surface area (Å²) in [5, 5.41) is 25.2. The Kier molecular flexibility index (Phi) is 12.0. The van der Waals surface area contributed by atoms with Crippen LogP contribution in [-0.2, 0) is 35.2 Å². The standard InChI is InChI=1S/C21H33N7O8/c1-10(2)17(28-18(32)12(22)7-11-8-24-9-25-11)20(34)26-13(3-5-15(23)29)19(33)27-14(21(35)36)4-6-16(30)31/h8-10,12-14,17H,3-7,22H2,1-2H3,(H2,23,29)(H,24,25)(H,26,34)(H,27,33)(H,28,32)(H,30,31)(H,35,36). The number of aromatic amines is 1. The molecule has 0 aliphatic carbocycles. The number of aliphatic carboxylic acids is 2. The van der Waals surface area contributed by atoms with Crippen molar-refractivity contribution in [3.63, 3.8) is 0 Å². The average molecular weight is 512 g/mol. The lowest BCUT2D eigenvalue weighted by Gasteiger charge is -2.27. The molecule has 36 heavy (non-hydrogen) atoms. The van der Waals surface area contributed by atoms with Crippen molar-refractivity contribution in [3.8, 4) is 0 Å². The van der Waals surface area contributed by atoms with Gasteiger partial charge in [0.15, 0.2) is 0 Å². The van der Waals surface area contributed by atoms with Crippen LogP contribution in [0.4, 0.5) is 0 Å². The van der Waals surface area contributed by atoms with E-state index < -0.39 is 78.5 Å². The number of nitrogens with zero attached hydrogens (tertiary/aromatic N) is 1. The molecular formula is C21H33N7O8. The van der Waals surface area contributed by atoms with Crippen LogP contribution in [-0.4, -0.2) is 79.9 Å². The fourth-order valence-corrected chi connectivity index (χ4v) is 3.14. The number of imidazole rings is 1. The van der Waals surface area contributed by atoms with E-state index >= 15 is 0 Å². The maximum atomic E-state index is 13.0. The lowest BCUT2D eigenvalue weighted by Crippen LogP contribution is -2.58. The van der Waals surface area contributed by atoms with Crippen molar-refractivity contribution in [2.45, 2.75) is 70.1 Å². The topological polar surface area (TPSA) is 260 Å². The molecule has 4 atom stereocenters. The second-order valence-electron chi connectivity index (χ2n) is 8.52. The molecule has 1 aromatic heterocycles. The number of carbonyl (C=O) groups is 6. The summed E-state index contributed by atoms with van der Waals surface area (Å²) in [4.78, 5) is 78.4. The molecule has 0 radical (unpaired) electrons.